The van der Waals surface area contributed by atoms with Crippen LogP contribution in [0.2, 0.25) is 0 Å². The molecule has 0 aliphatic carbocycles. The molecule has 0 amide bonds. The van der Waals surface area contributed by atoms with Crippen molar-refractivity contribution in [2.45, 2.75) is 53.4 Å². The van der Waals surface area contributed by atoms with Crippen LogP contribution in [-0.2, 0) is 0 Å². The summed E-state index contributed by atoms with van der Waals surface area (Å²) >= 11 is 0. The molecule has 0 spiro atoms. The fraction of sp³-hybridized carbons (Fsp3) is 0.133. The maximum atomic E-state index is 7.00. The summed E-state index contributed by atoms with van der Waals surface area (Å²) < 4.78 is 14.0. The fourth-order valence-electron chi connectivity index (χ4n) is 10.3. The fourth-order valence-corrected chi connectivity index (χ4v) is 10.3. The van der Waals surface area contributed by atoms with Crippen LogP contribution in [0.5, 0.6) is 0 Å². The zero-order valence-electron chi connectivity index (χ0n) is 37.0. The van der Waals surface area contributed by atoms with Crippen LogP contribution >= 0.6 is 0 Å². The van der Waals surface area contributed by atoms with Gasteiger partial charge in [-0.25, -0.2) is 0 Å². The Kier molecular flexibility index (Phi) is 8.64. The van der Waals surface area contributed by atoms with E-state index in [2.05, 4.69) is 221 Å². The second-order valence-corrected chi connectivity index (χ2v) is 18.2. The molecule has 4 nitrogen and oxygen atoms in total. The van der Waals surface area contributed by atoms with Gasteiger partial charge in [-0.1, -0.05) is 160 Å². The number of anilines is 6. The second-order valence-electron chi connectivity index (χ2n) is 18.2. The largest absolute Gasteiger partial charge is 0.454 e. The number of rotatable bonds is 8. The van der Waals surface area contributed by atoms with E-state index in [1.165, 1.54) is 54.6 Å². The molecule has 0 radical (unpaired) electrons. The molecule has 12 rings (SSSR count). The molecule has 0 unspecified atom stereocenters. The predicted octanol–water partition coefficient (Wildman–Crippen LogP) is 18.2. The van der Waals surface area contributed by atoms with Crippen LogP contribution in [0.4, 0.5) is 34.1 Å². The summed E-state index contributed by atoms with van der Waals surface area (Å²) in [5.74, 6) is 0.657. The van der Waals surface area contributed by atoms with Gasteiger partial charge in [-0.3, -0.25) is 0 Å². The van der Waals surface area contributed by atoms with E-state index in [0.29, 0.717) is 11.8 Å². The first-order chi connectivity index (χ1) is 31.2. The Morgan fingerprint density at radius 1 is 0.328 bits per heavy atom. The molecule has 4 heteroatoms. The minimum absolute atomic E-state index is 0.328. The Balaban J connectivity index is 1.12. The van der Waals surface area contributed by atoms with E-state index in [4.69, 9.17) is 8.83 Å². The van der Waals surface area contributed by atoms with Gasteiger partial charge < -0.3 is 18.6 Å². The number of benzene rings is 10. The average Bonchev–Trinajstić information content (AvgIpc) is 3.90. The van der Waals surface area contributed by atoms with E-state index in [1.54, 1.807) is 0 Å². The van der Waals surface area contributed by atoms with Crippen molar-refractivity contribution in [3.05, 3.63) is 192 Å². The molecule has 0 bridgehead atoms. The highest BCUT2D eigenvalue weighted by atomic mass is 16.3. The summed E-state index contributed by atoms with van der Waals surface area (Å²) in [4.78, 5) is 4.80. The van der Waals surface area contributed by atoms with Gasteiger partial charge in [-0.05, 0) is 107 Å². The van der Waals surface area contributed by atoms with Crippen molar-refractivity contribution in [3.63, 3.8) is 0 Å². The second kappa shape index (κ2) is 14.5. The molecule has 0 aliphatic rings. The molecule has 2 heterocycles. The first-order valence-corrected chi connectivity index (χ1v) is 22.6. The number of aryl methyl sites for hydroxylation is 2. The number of furan rings is 2. The Labute approximate surface area is 372 Å². The summed E-state index contributed by atoms with van der Waals surface area (Å²) in [5.41, 5.74) is 14.9. The Bertz CT molecular complexity index is 3510. The van der Waals surface area contributed by atoms with Gasteiger partial charge in [0.2, 0.25) is 0 Å². The van der Waals surface area contributed by atoms with Crippen LogP contribution < -0.4 is 9.80 Å². The van der Waals surface area contributed by atoms with Crippen molar-refractivity contribution in [2.24, 2.45) is 0 Å². The van der Waals surface area contributed by atoms with Gasteiger partial charge in [0.05, 0.1) is 22.7 Å². The van der Waals surface area contributed by atoms with Crippen LogP contribution in [0.3, 0.4) is 0 Å². The maximum absolute atomic E-state index is 7.00. The SMILES string of the molecule is Cc1ccc(N(c2ccc3ccc4c(N(c5ccc(C)cc5)c5cccc6c5oc5c(C(C)C)cccc56)ccc5ccc2c3c54)c2cccc3c2oc2c(C(C)C)cccc23)cc1. The van der Waals surface area contributed by atoms with Crippen molar-refractivity contribution in [1.29, 1.82) is 0 Å². The number of hydrogen-bond acceptors (Lipinski definition) is 4. The molecule has 0 atom stereocenters. The predicted molar refractivity (Wildman–Crippen MR) is 272 cm³/mol. The van der Waals surface area contributed by atoms with E-state index in [1.807, 2.05) is 0 Å². The van der Waals surface area contributed by atoms with Crippen LogP contribution in [0.1, 0.15) is 61.8 Å². The summed E-state index contributed by atoms with van der Waals surface area (Å²) in [6.45, 7) is 13.2. The Hall–Kier alpha value is -7.56. The normalized spacial score (nSPS) is 12.2. The molecule has 10 aromatic carbocycles. The van der Waals surface area contributed by atoms with Gasteiger partial charge in [-0.2, -0.15) is 0 Å². The van der Waals surface area contributed by atoms with Crippen LogP contribution in [-0.4, -0.2) is 0 Å². The van der Waals surface area contributed by atoms with Crippen molar-refractivity contribution in [3.8, 4) is 0 Å². The topological polar surface area (TPSA) is 32.8 Å². The van der Waals surface area contributed by atoms with Gasteiger partial charge in [-0.15, -0.1) is 0 Å². The zero-order chi connectivity index (χ0) is 43.4. The monoisotopic (exact) mass is 828 g/mol. The molecule has 0 saturated carbocycles. The number of hydrogen-bond donors (Lipinski definition) is 0. The summed E-state index contributed by atoms with van der Waals surface area (Å²) in [6.07, 6.45) is 0. The lowest BCUT2D eigenvalue weighted by Gasteiger charge is -2.29. The third-order valence-corrected chi connectivity index (χ3v) is 13.5. The molecule has 310 valence electrons. The molecule has 12 aromatic rings. The third kappa shape index (κ3) is 5.75. The van der Waals surface area contributed by atoms with Crippen molar-refractivity contribution < 1.29 is 8.83 Å². The summed E-state index contributed by atoms with van der Waals surface area (Å²) in [5, 5.41) is 11.7. The highest BCUT2D eigenvalue weighted by molar-refractivity contribution is 6.28. The highest BCUT2D eigenvalue weighted by Crippen LogP contribution is 2.51. The number of fused-ring (bicyclic) bond motifs is 6. The van der Waals surface area contributed by atoms with E-state index >= 15 is 0 Å². The van der Waals surface area contributed by atoms with E-state index in [-0.39, 0.29) is 0 Å². The summed E-state index contributed by atoms with van der Waals surface area (Å²) in [7, 11) is 0. The van der Waals surface area contributed by atoms with E-state index in [0.717, 1.165) is 78.0 Å². The Morgan fingerprint density at radius 3 is 1.08 bits per heavy atom. The van der Waals surface area contributed by atoms with Crippen LogP contribution in [0.25, 0.3) is 76.2 Å². The zero-order valence-corrected chi connectivity index (χ0v) is 37.0. The molecule has 2 aromatic heterocycles. The molecule has 0 fully saturated rings. The lowest BCUT2D eigenvalue weighted by molar-refractivity contribution is 0.657. The van der Waals surface area contributed by atoms with E-state index in [9.17, 15) is 0 Å². The standard InChI is InChI=1S/C60H48N2O2/c1-35(2)43-11-7-13-45-47-15-9-17-53(59(47)63-57(43)45)61(41-27-19-37(5)20-28-41)51-33-25-39-24-32-50-52(34-26-40-23-31-49(51)55(39)56(40)50)62(42-29-21-38(6)22-30-42)54-18-10-16-48-46-14-8-12-44(36(3)4)58(46)64-60(48)54/h7-36H,1-6H3. The highest BCUT2D eigenvalue weighted by Gasteiger charge is 2.26. The quantitative estimate of drug-likeness (QED) is 0.143. The lowest BCUT2D eigenvalue weighted by atomic mass is 9.91. The maximum Gasteiger partial charge on any atom is 0.159 e. The van der Waals surface area contributed by atoms with Crippen LogP contribution in [0, 0.1) is 13.8 Å². The summed E-state index contributed by atoms with van der Waals surface area (Å²) in [6, 6.07) is 62.3. The lowest BCUT2D eigenvalue weighted by Crippen LogP contribution is -2.12. The van der Waals surface area contributed by atoms with Crippen molar-refractivity contribution in [1.82, 2.24) is 0 Å². The van der Waals surface area contributed by atoms with Crippen molar-refractivity contribution >= 4 is 110 Å². The molecule has 0 aliphatic heterocycles. The van der Waals surface area contributed by atoms with Gasteiger partial charge >= 0.3 is 0 Å². The van der Waals surface area contributed by atoms with Gasteiger partial charge in [0, 0.05) is 43.7 Å². The van der Waals surface area contributed by atoms with Crippen LogP contribution in [0.15, 0.2) is 179 Å². The number of para-hydroxylation sites is 4. The average molecular weight is 829 g/mol. The minimum Gasteiger partial charge on any atom is -0.454 e. The van der Waals surface area contributed by atoms with Crippen molar-refractivity contribution in [2.75, 3.05) is 9.80 Å². The first kappa shape index (κ1) is 38.1. The van der Waals surface area contributed by atoms with Gasteiger partial charge in [0.25, 0.3) is 0 Å². The molecule has 0 saturated heterocycles. The first-order valence-electron chi connectivity index (χ1n) is 22.6. The third-order valence-electron chi connectivity index (χ3n) is 13.5. The van der Waals surface area contributed by atoms with E-state index < -0.39 is 0 Å². The smallest absolute Gasteiger partial charge is 0.159 e. The van der Waals surface area contributed by atoms with Gasteiger partial charge in [0.15, 0.2) is 11.2 Å². The molecule has 64 heavy (non-hydrogen) atoms. The minimum atomic E-state index is 0.328. The number of nitrogens with zero attached hydrogens (tertiary/aromatic N) is 2. The molecule has 0 N–H and O–H groups in total. The molecular weight excluding hydrogens is 781 g/mol. The van der Waals surface area contributed by atoms with Gasteiger partial charge in [0.1, 0.15) is 11.2 Å². The Morgan fingerprint density at radius 2 is 0.688 bits per heavy atom. The molecular formula is C60H48N2O2.